The molecule has 0 unspecified atom stereocenters. The Kier molecular flexibility index (Phi) is 4.68. The van der Waals surface area contributed by atoms with Crippen LogP contribution in [0.4, 0.5) is 5.69 Å². The standard InChI is InChI=1S/C23H24N2OS/c1-14-9-15(2)19-11-16(3)23(24-20(19)10-14)27-13-22(26)25-17(4)12-18-7-5-6-8-21(18)25/h5-11,17H,12-13H2,1-4H3/t17-/m1/s1. The van der Waals surface area contributed by atoms with Gasteiger partial charge in [-0.05, 0) is 74.6 Å². The maximum absolute atomic E-state index is 13.0. The molecule has 1 aliphatic heterocycles. The summed E-state index contributed by atoms with van der Waals surface area (Å²) < 4.78 is 0. The first kappa shape index (κ1) is 18.1. The van der Waals surface area contributed by atoms with Crippen LogP contribution in [0, 0.1) is 20.8 Å². The predicted molar refractivity (Wildman–Crippen MR) is 114 cm³/mol. The molecular formula is C23H24N2OS. The molecule has 0 bridgehead atoms. The van der Waals surface area contributed by atoms with E-state index in [1.165, 1.54) is 22.1 Å². The second-order valence-electron chi connectivity index (χ2n) is 7.49. The fourth-order valence-electron chi connectivity index (χ4n) is 4.00. The van der Waals surface area contributed by atoms with E-state index in [2.05, 4.69) is 52.0 Å². The highest BCUT2D eigenvalue weighted by Gasteiger charge is 2.30. The van der Waals surface area contributed by atoms with Crippen molar-refractivity contribution in [2.75, 3.05) is 10.7 Å². The SMILES string of the molecule is Cc1cc(C)c2cc(C)c(SCC(=O)N3c4ccccc4C[C@H]3C)nc2c1. The molecule has 0 spiro atoms. The fourth-order valence-corrected chi connectivity index (χ4v) is 4.85. The maximum atomic E-state index is 13.0. The molecule has 3 nitrogen and oxygen atoms in total. The highest BCUT2D eigenvalue weighted by molar-refractivity contribution is 8.00. The number of carbonyl (C=O) groups is 1. The first-order chi connectivity index (χ1) is 12.9. The van der Waals surface area contributed by atoms with Crippen molar-refractivity contribution in [1.82, 2.24) is 4.98 Å². The van der Waals surface area contributed by atoms with Gasteiger partial charge in [0.05, 0.1) is 11.3 Å². The number of amides is 1. The zero-order chi connectivity index (χ0) is 19.1. The van der Waals surface area contributed by atoms with Crippen LogP contribution in [-0.4, -0.2) is 22.7 Å². The van der Waals surface area contributed by atoms with Crippen molar-refractivity contribution in [2.45, 2.75) is 45.2 Å². The Morgan fingerprint density at radius 2 is 1.93 bits per heavy atom. The highest BCUT2D eigenvalue weighted by Crippen LogP contribution is 2.33. The lowest BCUT2D eigenvalue weighted by atomic mass is 10.1. The molecule has 0 fully saturated rings. The lowest BCUT2D eigenvalue weighted by Gasteiger charge is -2.22. The lowest BCUT2D eigenvalue weighted by molar-refractivity contribution is -0.116. The molecule has 0 aliphatic carbocycles. The highest BCUT2D eigenvalue weighted by atomic mass is 32.2. The Hall–Kier alpha value is -2.33. The van der Waals surface area contributed by atoms with Gasteiger partial charge in [0.25, 0.3) is 0 Å². The van der Waals surface area contributed by atoms with Crippen LogP contribution in [0.3, 0.4) is 0 Å². The molecule has 27 heavy (non-hydrogen) atoms. The van der Waals surface area contributed by atoms with Crippen molar-refractivity contribution < 1.29 is 4.79 Å². The number of hydrogen-bond acceptors (Lipinski definition) is 3. The van der Waals surface area contributed by atoms with Gasteiger partial charge < -0.3 is 4.90 Å². The van der Waals surface area contributed by atoms with Crippen LogP contribution in [0.25, 0.3) is 10.9 Å². The number of pyridine rings is 1. The van der Waals surface area contributed by atoms with Crippen LogP contribution in [-0.2, 0) is 11.2 Å². The molecule has 1 aliphatic rings. The Balaban J connectivity index is 1.57. The Morgan fingerprint density at radius 3 is 2.74 bits per heavy atom. The molecule has 0 N–H and O–H groups in total. The molecule has 1 amide bonds. The number of nitrogens with zero attached hydrogens (tertiary/aromatic N) is 2. The summed E-state index contributed by atoms with van der Waals surface area (Å²) in [7, 11) is 0. The van der Waals surface area contributed by atoms with E-state index in [4.69, 9.17) is 4.98 Å². The molecule has 0 saturated heterocycles. The van der Waals surface area contributed by atoms with Crippen molar-refractivity contribution in [3.8, 4) is 0 Å². The molecule has 0 saturated carbocycles. The largest absolute Gasteiger partial charge is 0.308 e. The molecule has 2 aromatic carbocycles. The topological polar surface area (TPSA) is 33.2 Å². The monoisotopic (exact) mass is 376 g/mol. The number of aromatic nitrogens is 1. The van der Waals surface area contributed by atoms with Crippen molar-refractivity contribution in [3.05, 3.63) is 64.7 Å². The van der Waals surface area contributed by atoms with E-state index >= 15 is 0 Å². The molecule has 0 radical (unpaired) electrons. The van der Waals surface area contributed by atoms with Gasteiger partial charge >= 0.3 is 0 Å². The summed E-state index contributed by atoms with van der Waals surface area (Å²) in [5.41, 5.74) is 6.91. The van der Waals surface area contributed by atoms with Crippen LogP contribution in [0.5, 0.6) is 0 Å². The predicted octanol–water partition coefficient (Wildman–Crippen LogP) is 5.23. The average Bonchev–Trinajstić information content (AvgIpc) is 2.96. The number of hydrogen-bond donors (Lipinski definition) is 0. The Bertz CT molecular complexity index is 1040. The molecule has 138 valence electrons. The summed E-state index contributed by atoms with van der Waals surface area (Å²) in [6, 6.07) is 14.9. The average molecular weight is 377 g/mol. The van der Waals surface area contributed by atoms with Gasteiger partial charge in [-0.1, -0.05) is 36.0 Å². The summed E-state index contributed by atoms with van der Waals surface area (Å²) in [5.74, 6) is 0.558. The summed E-state index contributed by atoms with van der Waals surface area (Å²) in [6.45, 7) is 8.41. The van der Waals surface area contributed by atoms with Crippen LogP contribution >= 0.6 is 11.8 Å². The Labute approximate surface area is 164 Å². The van der Waals surface area contributed by atoms with Gasteiger partial charge in [0.1, 0.15) is 5.03 Å². The number of fused-ring (bicyclic) bond motifs is 2. The van der Waals surface area contributed by atoms with E-state index in [9.17, 15) is 4.79 Å². The molecule has 3 aromatic rings. The fraction of sp³-hybridized carbons (Fsp3) is 0.304. The number of benzene rings is 2. The zero-order valence-corrected chi connectivity index (χ0v) is 17.1. The van der Waals surface area contributed by atoms with Crippen LogP contribution in [0.15, 0.2) is 47.5 Å². The van der Waals surface area contributed by atoms with Gasteiger partial charge in [-0.2, -0.15) is 0 Å². The van der Waals surface area contributed by atoms with Gasteiger partial charge in [-0.3, -0.25) is 4.79 Å². The second-order valence-corrected chi connectivity index (χ2v) is 8.46. The van der Waals surface area contributed by atoms with Crippen molar-refractivity contribution >= 4 is 34.3 Å². The molecule has 1 aromatic heterocycles. The third kappa shape index (κ3) is 3.34. The van der Waals surface area contributed by atoms with Crippen LogP contribution in [0.2, 0.25) is 0 Å². The second kappa shape index (κ2) is 7.01. The maximum Gasteiger partial charge on any atom is 0.237 e. The van der Waals surface area contributed by atoms with E-state index < -0.39 is 0 Å². The van der Waals surface area contributed by atoms with E-state index in [0.717, 1.165) is 28.2 Å². The summed E-state index contributed by atoms with van der Waals surface area (Å²) in [6.07, 6.45) is 0.929. The summed E-state index contributed by atoms with van der Waals surface area (Å²) in [5, 5.41) is 2.14. The van der Waals surface area contributed by atoms with Crippen LogP contribution in [0.1, 0.15) is 29.2 Å². The summed E-state index contributed by atoms with van der Waals surface area (Å²) in [4.78, 5) is 19.8. The normalized spacial score (nSPS) is 16.0. The smallest absolute Gasteiger partial charge is 0.237 e. The molecule has 2 heterocycles. The van der Waals surface area contributed by atoms with Gasteiger partial charge in [0.15, 0.2) is 0 Å². The quantitative estimate of drug-likeness (QED) is 0.587. The van der Waals surface area contributed by atoms with Crippen molar-refractivity contribution in [1.29, 1.82) is 0 Å². The van der Waals surface area contributed by atoms with Gasteiger partial charge in [-0.15, -0.1) is 0 Å². The summed E-state index contributed by atoms with van der Waals surface area (Å²) >= 11 is 1.54. The van der Waals surface area contributed by atoms with Gasteiger partial charge in [0, 0.05) is 17.1 Å². The van der Waals surface area contributed by atoms with Crippen molar-refractivity contribution in [2.24, 2.45) is 0 Å². The Morgan fingerprint density at radius 1 is 1.15 bits per heavy atom. The number of anilines is 1. The van der Waals surface area contributed by atoms with Crippen LogP contribution < -0.4 is 4.90 Å². The first-order valence-corrected chi connectivity index (χ1v) is 10.3. The minimum atomic E-state index is 0.152. The molecule has 4 rings (SSSR count). The number of thioether (sulfide) groups is 1. The zero-order valence-electron chi connectivity index (χ0n) is 16.2. The van der Waals surface area contributed by atoms with E-state index in [-0.39, 0.29) is 11.9 Å². The molecule has 4 heteroatoms. The molecular weight excluding hydrogens is 352 g/mol. The number of aryl methyl sites for hydroxylation is 3. The third-order valence-electron chi connectivity index (χ3n) is 5.24. The van der Waals surface area contributed by atoms with E-state index in [1.54, 1.807) is 11.8 Å². The van der Waals surface area contributed by atoms with E-state index in [0.29, 0.717) is 5.75 Å². The number of carbonyl (C=O) groups excluding carboxylic acids is 1. The minimum Gasteiger partial charge on any atom is -0.308 e. The van der Waals surface area contributed by atoms with Gasteiger partial charge in [-0.25, -0.2) is 4.98 Å². The number of rotatable bonds is 3. The number of para-hydroxylation sites is 1. The molecule has 1 atom stereocenters. The minimum absolute atomic E-state index is 0.152. The van der Waals surface area contributed by atoms with Crippen molar-refractivity contribution in [3.63, 3.8) is 0 Å². The van der Waals surface area contributed by atoms with Gasteiger partial charge in [0.2, 0.25) is 5.91 Å². The first-order valence-electron chi connectivity index (χ1n) is 9.35. The lowest BCUT2D eigenvalue weighted by Crippen LogP contribution is -2.37. The van der Waals surface area contributed by atoms with E-state index in [1.807, 2.05) is 23.1 Å². The third-order valence-corrected chi connectivity index (χ3v) is 6.32.